The summed E-state index contributed by atoms with van der Waals surface area (Å²) in [6.45, 7) is 6.10. The lowest BCUT2D eigenvalue weighted by Gasteiger charge is -2.24. The monoisotopic (exact) mass is 250 g/mol. The molecule has 0 radical (unpaired) electrons. The second-order valence-corrected chi connectivity index (χ2v) is 5.52. The third-order valence-corrected chi connectivity index (χ3v) is 3.61. The van der Waals surface area contributed by atoms with Gasteiger partial charge in [0.2, 0.25) is 0 Å². The summed E-state index contributed by atoms with van der Waals surface area (Å²) >= 11 is 0. The van der Waals surface area contributed by atoms with Crippen LogP contribution in [-0.2, 0) is 4.79 Å². The molecule has 0 aromatic heterocycles. The Morgan fingerprint density at radius 2 is 2.11 bits per heavy atom. The summed E-state index contributed by atoms with van der Waals surface area (Å²) in [4.78, 5) is 11.8. The van der Waals surface area contributed by atoms with Gasteiger partial charge in [-0.25, -0.2) is 0 Å². The van der Waals surface area contributed by atoms with Crippen molar-refractivity contribution < 1.29 is 9.90 Å². The smallest absolute Gasteiger partial charge is 0.161 e. The molecule has 0 spiro atoms. The van der Waals surface area contributed by atoms with Crippen molar-refractivity contribution in [3.8, 4) is 0 Å². The van der Waals surface area contributed by atoms with Crippen LogP contribution in [0.15, 0.2) is 24.3 Å². The quantitative estimate of drug-likeness (QED) is 0.554. The second kappa shape index (κ2) is 7.52. The van der Waals surface area contributed by atoms with Crippen LogP contribution in [0.5, 0.6) is 0 Å². The fourth-order valence-electron chi connectivity index (χ4n) is 2.39. The molecule has 102 valence electrons. The Hall–Kier alpha value is -0.890. The molecule has 0 aliphatic heterocycles. The maximum atomic E-state index is 11.8. The molecule has 0 aromatic carbocycles. The van der Waals surface area contributed by atoms with E-state index >= 15 is 0 Å². The zero-order chi connectivity index (χ0) is 13.5. The standard InChI is InChI=1S/C16H26O2/c1-4-5-6-7-8-9-13-10-11-14(17)15(13)16(18)12(2)3/h8-13,15-16,18H,4-7H2,1-3H3/b9-8+/t13-,15+,16?/m0/s1. The molecule has 0 bridgehead atoms. The summed E-state index contributed by atoms with van der Waals surface area (Å²) in [6, 6.07) is 0. The molecule has 0 fully saturated rings. The number of aliphatic hydroxyl groups excluding tert-OH is 1. The van der Waals surface area contributed by atoms with E-state index in [1.807, 2.05) is 19.9 Å². The Morgan fingerprint density at radius 1 is 1.39 bits per heavy atom. The van der Waals surface area contributed by atoms with Gasteiger partial charge in [0.25, 0.3) is 0 Å². The molecule has 1 rings (SSSR count). The second-order valence-electron chi connectivity index (χ2n) is 5.52. The summed E-state index contributed by atoms with van der Waals surface area (Å²) in [5, 5.41) is 10.1. The number of ketones is 1. The van der Waals surface area contributed by atoms with E-state index in [1.54, 1.807) is 6.08 Å². The van der Waals surface area contributed by atoms with Crippen molar-refractivity contribution in [2.45, 2.75) is 52.6 Å². The lowest BCUT2D eigenvalue weighted by Crippen LogP contribution is -2.33. The first-order valence-corrected chi connectivity index (χ1v) is 7.14. The minimum atomic E-state index is -0.544. The van der Waals surface area contributed by atoms with Crippen LogP contribution in [0.1, 0.15) is 46.5 Å². The van der Waals surface area contributed by atoms with Gasteiger partial charge in [0.15, 0.2) is 5.78 Å². The Morgan fingerprint density at radius 3 is 2.72 bits per heavy atom. The summed E-state index contributed by atoms with van der Waals surface area (Å²) < 4.78 is 0. The van der Waals surface area contributed by atoms with E-state index in [0.29, 0.717) is 0 Å². The van der Waals surface area contributed by atoms with Crippen molar-refractivity contribution in [3.05, 3.63) is 24.3 Å². The number of allylic oxidation sites excluding steroid dienone is 4. The zero-order valence-electron chi connectivity index (χ0n) is 11.8. The number of hydrogen-bond donors (Lipinski definition) is 1. The molecule has 2 heteroatoms. The van der Waals surface area contributed by atoms with Crippen molar-refractivity contribution in [2.75, 3.05) is 0 Å². The number of rotatable bonds is 7. The highest BCUT2D eigenvalue weighted by atomic mass is 16.3. The molecule has 0 saturated heterocycles. The van der Waals surface area contributed by atoms with Crippen LogP contribution in [0.2, 0.25) is 0 Å². The van der Waals surface area contributed by atoms with Crippen LogP contribution < -0.4 is 0 Å². The first-order chi connectivity index (χ1) is 8.57. The predicted molar refractivity (Wildman–Crippen MR) is 75.3 cm³/mol. The minimum absolute atomic E-state index is 0.0689. The highest BCUT2D eigenvalue weighted by Crippen LogP contribution is 2.30. The molecule has 0 heterocycles. The van der Waals surface area contributed by atoms with E-state index in [2.05, 4.69) is 19.1 Å². The van der Waals surface area contributed by atoms with E-state index in [-0.39, 0.29) is 23.5 Å². The highest BCUT2D eigenvalue weighted by molar-refractivity contribution is 5.95. The SMILES string of the molecule is CCCCC/C=C/[C@H]1C=CC(=O)[C@@H]1C(O)C(C)C. The fraction of sp³-hybridized carbons (Fsp3) is 0.688. The predicted octanol–water partition coefficient (Wildman–Crippen LogP) is 3.51. The van der Waals surface area contributed by atoms with Crippen molar-refractivity contribution in [1.82, 2.24) is 0 Å². The first kappa shape index (κ1) is 15.2. The van der Waals surface area contributed by atoms with Crippen molar-refractivity contribution in [2.24, 2.45) is 17.8 Å². The molecule has 1 unspecified atom stereocenters. The fourth-order valence-corrected chi connectivity index (χ4v) is 2.39. The molecule has 18 heavy (non-hydrogen) atoms. The van der Waals surface area contributed by atoms with Crippen LogP contribution in [0.25, 0.3) is 0 Å². The van der Waals surface area contributed by atoms with E-state index < -0.39 is 6.10 Å². The Balaban J connectivity index is 2.53. The maximum absolute atomic E-state index is 11.8. The average Bonchev–Trinajstić information content (AvgIpc) is 2.69. The summed E-state index contributed by atoms with van der Waals surface area (Å²) in [7, 11) is 0. The van der Waals surface area contributed by atoms with E-state index in [9.17, 15) is 9.90 Å². The summed E-state index contributed by atoms with van der Waals surface area (Å²) in [6.07, 6.45) is 12.0. The molecule has 1 aliphatic rings. The Labute approximate surface area is 111 Å². The summed E-state index contributed by atoms with van der Waals surface area (Å²) in [5.41, 5.74) is 0. The molecular weight excluding hydrogens is 224 g/mol. The third kappa shape index (κ3) is 4.09. The molecule has 3 atom stereocenters. The molecule has 2 nitrogen and oxygen atoms in total. The van der Waals surface area contributed by atoms with Crippen molar-refractivity contribution >= 4 is 5.78 Å². The topological polar surface area (TPSA) is 37.3 Å². The molecule has 0 aromatic rings. The van der Waals surface area contributed by atoms with Crippen LogP contribution in [-0.4, -0.2) is 17.0 Å². The highest BCUT2D eigenvalue weighted by Gasteiger charge is 2.35. The van der Waals surface area contributed by atoms with Gasteiger partial charge in [0, 0.05) is 5.92 Å². The van der Waals surface area contributed by atoms with Crippen LogP contribution in [0, 0.1) is 17.8 Å². The number of carbonyl (C=O) groups excluding carboxylic acids is 1. The lowest BCUT2D eigenvalue weighted by molar-refractivity contribution is -0.122. The summed E-state index contributed by atoms with van der Waals surface area (Å²) in [5.74, 6) is -0.00167. The van der Waals surface area contributed by atoms with Crippen molar-refractivity contribution in [3.63, 3.8) is 0 Å². The normalized spacial score (nSPS) is 25.5. The van der Waals surface area contributed by atoms with Gasteiger partial charge in [0.1, 0.15) is 0 Å². The number of carbonyl (C=O) groups is 1. The van der Waals surface area contributed by atoms with Gasteiger partial charge < -0.3 is 5.11 Å². The number of aliphatic hydroxyl groups is 1. The van der Waals surface area contributed by atoms with Crippen LogP contribution in [0.4, 0.5) is 0 Å². The van der Waals surface area contributed by atoms with Crippen LogP contribution in [0.3, 0.4) is 0 Å². The van der Waals surface area contributed by atoms with Crippen LogP contribution >= 0.6 is 0 Å². The maximum Gasteiger partial charge on any atom is 0.161 e. The van der Waals surface area contributed by atoms with Gasteiger partial charge >= 0.3 is 0 Å². The van der Waals surface area contributed by atoms with Gasteiger partial charge in [-0.3, -0.25) is 4.79 Å². The molecule has 1 aliphatic carbocycles. The Bertz CT molecular complexity index is 315. The Kier molecular flexibility index (Phi) is 6.34. The molecule has 1 N–H and O–H groups in total. The van der Waals surface area contributed by atoms with Crippen molar-refractivity contribution in [1.29, 1.82) is 0 Å². The van der Waals surface area contributed by atoms with Gasteiger partial charge in [-0.15, -0.1) is 0 Å². The number of hydrogen-bond acceptors (Lipinski definition) is 2. The van der Waals surface area contributed by atoms with Gasteiger partial charge in [-0.2, -0.15) is 0 Å². The minimum Gasteiger partial charge on any atom is -0.392 e. The largest absolute Gasteiger partial charge is 0.392 e. The zero-order valence-corrected chi connectivity index (χ0v) is 11.8. The van der Waals surface area contributed by atoms with E-state index in [4.69, 9.17) is 0 Å². The first-order valence-electron chi connectivity index (χ1n) is 7.14. The van der Waals surface area contributed by atoms with Gasteiger partial charge in [0.05, 0.1) is 12.0 Å². The molecule has 0 saturated carbocycles. The lowest BCUT2D eigenvalue weighted by atomic mass is 9.84. The molecule has 0 amide bonds. The van der Waals surface area contributed by atoms with E-state index in [0.717, 1.165) is 6.42 Å². The third-order valence-electron chi connectivity index (χ3n) is 3.61. The van der Waals surface area contributed by atoms with E-state index in [1.165, 1.54) is 19.3 Å². The number of unbranched alkanes of at least 4 members (excludes halogenated alkanes) is 3. The average molecular weight is 250 g/mol. The molecular formula is C16H26O2. The van der Waals surface area contributed by atoms with Gasteiger partial charge in [-0.1, -0.05) is 51.8 Å². The van der Waals surface area contributed by atoms with Gasteiger partial charge in [-0.05, 0) is 24.8 Å².